The lowest BCUT2D eigenvalue weighted by atomic mass is 10.1. The van der Waals surface area contributed by atoms with Crippen molar-refractivity contribution in [3.63, 3.8) is 0 Å². The van der Waals surface area contributed by atoms with Gasteiger partial charge in [-0.1, -0.05) is 54.6 Å². The van der Waals surface area contributed by atoms with E-state index in [4.69, 9.17) is 9.47 Å². The third kappa shape index (κ3) is 6.00. The molecule has 3 rings (SSSR count). The summed E-state index contributed by atoms with van der Waals surface area (Å²) in [5.74, 6) is 0.0534. The maximum atomic E-state index is 12.0. The van der Waals surface area contributed by atoms with Gasteiger partial charge >= 0.3 is 0 Å². The summed E-state index contributed by atoms with van der Waals surface area (Å²) in [7, 11) is 0. The van der Waals surface area contributed by atoms with Crippen LogP contribution in [0.15, 0.2) is 54.6 Å². The number of nitrogens with one attached hydrogen (secondary N) is 1. The predicted molar refractivity (Wildman–Crippen MR) is 96.8 cm³/mol. The van der Waals surface area contributed by atoms with E-state index in [1.165, 1.54) is 5.56 Å². The maximum Gasteiger partial charge on any atom is 0.222 e. The fourth-order valence-electron chi connectivity index (χ4n) is 2.98. The quantitative estimate of drug-likeness (QED) is 0.799. The van der Waals surface area contributed by atoms with Gasteiger partial charge < -0.3 is 14.8 Å². The Kier molecular flexibility index (Phi) is 6.60. The van der Waals surface area contributed by atoms with E-state index in [9.17, 15) is 4.79 Å². The van der Waals surface area contributed by atoms with Gasteiger partial charge in [0.15, 0.2) is 0 Å². The van der Waals surface area contributed by atoms with E-state index >= 15 is 0 Å². The molecule has 1 atom stereocenters. The van der Waals surface area contributed by atoms with Crippen molar-refractivity contribution in [2.24, 2.45) is 0 Å². The zero-order valence-corrected chi connectivity index (χ0v) is 14.4. The summed E-state index contributed by atoms with van der Waals surface area (Å²) in [4.78, 5) is 12.0. The van der Waals surface area contributed by atoms with Crippen LogP contribution in [0.2, 0.25) is 0 Å². The number of amides is 1. The standard InChI is InChI=1S/C21H25NO3/c23-21(13-20-10-5-11-25-20)22-14-18-8-4-9-19(12-18)16-24-15-17-6-2-1-3-7-17/h1-4,6-9,12,20H,5,10-11,13-16H2,(H,22,23). The van der Waals surface area contributed by atoms with Gasteiger partial charge in [-0.3, -0.25) is 4.79 Å². The molecule has 1 heterocycles. The van der Waals surface area contributed by atoms with Crippen LogP contribution in [-0.2, 0) is 34.0 Å². The van der Waals surface area contributed by atoms with Gasteiger partial charge in [0.25, 0.3) is 0 Å². The Morgan fingerprint density at radius 3 is 2.60 bits per heavy atom. The van der Waals surface area contributed by atoms with Crippen LogP contribution in [-0.4, -0.2) is 18.6 Å². The Balaban J connectivity index is 1.42. The van der Waals surface area contributed by atoms with E-state index < -0.39 is 0 Å². The van der Waals surface area contributed by atoms with Crippen molar-refractivity contribution >= 4 is 5.91 Å². The summed E-state index contributed by atoms with van der Waals surface area (Å²) in [5.41, 5.74) is 3.36. The largest absolute Gasteiger partial charge is 0.378 e. The molecule has 1 aliphatic heterocycles. The van der Waals surface area contributed by atoms with Crippen LogP contribution in [0.1, 0.15) is 36.0 Å². The van der Waals surface area contributed by atoms with Gasteiger partial charge in [-0.25, -0.2) is 0 Å². The third-order valence-corrected chi connectivity index (χ3v) is 4.30. The van der Waals surface area contributed by atoms with E-state index in [2.05, 4.69) is 23.5 Å². The fraction of sp³-hybridized carbons (Fsp3) is 0.381. The van der Waals surface area contributed by atoms with Crippen molar-refractivity contribution in [3.05, 3.63) is 71.3 Å². The number of carbonyl (C=O) groups excluding carboxylic acids is 1. The van der Waals surface area contributed by atoms with Crippen molar-refractivity contribution < 1.29 is 14.3 Å². The van der Waals surface area contributed by atoms with Gasteiger partial charge in [-0.05, 0) is 29.5 Å². The highest BCUT2D eigenvalue weighted by Gasteiger charge is 2.18. The Morgan fingerprint density at radius 2 is 1.80 bits per heavy atom. The summed E-state index contributed by atoms with van der Waals surface area (Å²) in [6.07, 6.45) is 2.60. The predicted octanol–water partition coefficient (Wildman–Crippen LogP) is 3.59. The van der Waals surface area contributed by atoms with Crippen LogP contribution >= 0.6 is 0 Å². The molecule has 0 radical (unpaired) electrons. The zero-order chi connectivity index (χ0) is 17.3. The van der Waals surface area contributed by atoms with Crippen LogP contribution in [0.4, 0.5) is 0 Å². The number of hydrogen-bond donors (Lipinski definition) is 1. The number of carbonyl (C=O) groups is 1. The monoisotopic (exact) mass is 339 g/mol. The average molecular weight is 339 g/mol. The highest BCUT2D eigenvalue weighted by Crippen LogP contribution is 2.15. The highest BCUT2D eigenvalue weighted by molar-refractivity contribution is 5.76. The topological polar surface area (TPSA) is 47.6 Å². The van der Waals surface area contributed by atoms with Crippen molar-refractivity contribution in [1.29, 1.82) is 0 Å². The summed E-state index contributed by atoms with van der Waals surface area (Å²) in [6, 6.07) is 18.3. The van der Waals surface area contributed by atoms with Gasteiger partial charge in [0.1, 0.15) is 0 Å². The Hall–Kier alpha value is -2.17. The highest BCUT2D eigenvalue weighted by atomic mass is 16.5. The molecular weight excluding hydrogens is 314 g/mol. The molecule has 1 unspecified atom stereocenters. The van der Waals surface area contributed by atoms with E-state index in [-0.39, 0.29) is 12.0 Å². The first kappa shape index (κ1) is 17.6. The molecule has 0 aromatic heterocycles. The summed E-state index contributed by atoms with van der Waals surface area (Å²) in [5, 5.41) is 2.98. The lowest BCUT2D eigenvalue weighted by molar-refractivity contribution is -0.123. The van der Waals surface area contributed by atoms with Gasteiger partial charge in [-0.15, -0.1) is 0 Å². The van der Waals surface area contributed by atoms with Crippen molar-refractivity contribution in [2.75, 3.05) is 6.61 Å². The Labute approximate surface area is 149 Å². The van der Waals surface area contributed by atoms with Crippen molar-refractivity contribution in [1.82, 2.24) is 5.32 Å². The Morgan fingerprint density at radius 1 is 1.04 bits per heavy atom. The van der Waals surface area contributed by atoms with E-state index in [1.54, 1.807) is 0 Å². The fourth-order valence-corrected chi connectivity index (χ4v) is 2.98. The molecule has 1 saturated heterocycles. The molecule has 2 aromatic rings. The smallest absolute Gasteiger partial charge is 0.222 e. The minimum atomic E-state index is 0.0534. The average Bonchev–Trinajstić information content (AvgIpc) is 3.14. The van der Waals surface area contributed by atoms with Crippen molar-refractivity contribution in [2.45, 2.75) is 45.1 Å². The van der Waals surface area contributed by atoms with Crippen molar-refractivity contribution in [3.8, 4) is 0 Å². The number of rotatable bonds is 8. The van der Waals surface area contributed by atoms with Crippen LogP contribution < -0.4 is 5.32 Å². The van der Waals surface area contributed by atoms with Gasteiger partial charge in [0, 0.05) is 13.2 Å². The molecule has 1 N–H and O–H groups in total. The van der Waals surface area contributed by atoms with E-state index in [1.807, 2.05) is 36.4 Å². The molecule has 132 valence electrons. The molecule has 0 saturated carbocycles. The van der Waals surface area contributed by atoms with Crippen LogP contribution in [0.5, 0.6) is 0 Å². The van der Waals surface area contributed by atoms with Crippen LogP contribution in [0.25, 0.3) is 0 Å². The van der Waals surface area contributed by atoms with Crippen LogP contribution in [0.3, 0.4) is 0 Å². The molecule has 0 spiro atoms. The third-order valence-electron chi connectivity index (χ3n) is 4.30. The first-order valence-corrected chi connectivity index (χ1v) is 8.87. The van der Waals surface area contributed by atoms with Crippen LogP contribution in [0, 0.1) is 0 Å². The first-order chi connectivity index (χ1) is 12.3. The second-order valence-electron chi connectivity index (χ2n) is 6.41. The lowest BCUT2D eigenvalue weighted by Gasteiger charge is -2.11. The molecule has 4 heteroatoms. The summed E-state index contributed by atoms with van der Waals surface area (Å²) >= 11 is 0. The normalized spacial score (nSPS) is 16.7. The first-order valence-electron chi connectivity index (χ1n) is 8.87. The molecule has 1 amide bonds. The molecule has 25 heavy (non-hydrogen) atoms. The zero-order valence-electron chi connectivity index (χ0n) is 14.4. The summed E-state index contributed by atoms with van der Waals surface area (Å²) < 4.78 is 11.3. The lowest BCUT2D eigenvalue weighted by Crippen LogP contribution is -2.26. The Bertz CT molecular complexity index is 666. The van der Waals surface area contributed by atoms with E-state index in [0.717, 1.165) is 30.6 Å². The molecule has 1 fully saturated rings. The number of hydrogen-bond acceptors (Lipinski definition) is 3. The number of ether oxygens (including phenoxy) is 2. The van der Waals surface area contributed by atoms with E-state index in [0.29, 0.717) is 26.2 Å². The summed E-state index contributed by atoms with van der Waals surface area (Å²) in [6.45, 7) is 2.48. The second-order valence-corrected chi connectivity index (χ2v) is 6.41. The molecule has 1 aliphatic rings. The molecule has 0 bridgehead atoms. The SMILES string of the molecule is O=C(CC1CCCO1)NCc1cccc(COCc2ccccc2)c1. The minimum absolute atomic E-state index is 0.0534. The number of benzene rings is 2. The van der Waals surface area contributed by atoms with Gasteiger partial charge in [0.2, 0.25) is 5.91 Å². The second kappa shape index (κ2) is 9.35. The molecule has 4 nitrogen and oxygen atoms in total. The maximum absolute atomic E-state index is 12.0. The molecular formula is C21H25NO3. The van der Waals surface area contributed by atoms with Gasteiger partial charge in [0.05, 0.1) is 25.7 Å². The molecule has 0 aliphatic carbocycles. The molecule has 2 aromatic carbocycles. The van der Waals surface area contributed by atoms with Gasteiger partial charge in [-0.2, -0.15) is 0 Å². The minimum Gasteiger partial charge on any atom is -0.378 e.